The molecule has 6 heteroatoms. The second-order valence-electron chi connectivity index (χ2n) is 5.95. The summed E-state index contributed by atoms with van der Waals surface area (Å²) in [5.41, 5.74) is 4.38. The van der Waals surface area contributed by atoms with Gasteiger partial charge >= 0.3 is 0 Å². The zero-order valence-electron chi connectivity index (χ0n) is 16.0. The maximum atomic E-state index is 5.39. The number of pyridine rings is 1. The molecule has 0 unspecified atom stereocenters. The van der Waals surface area contributed by atoms with Crippen LogP contribution in [0.4, 0.5) is 0 Å². The lowest BCUT2D eigenvalue weighted by molar-refractivity contribution is 0.411. The molecule has 0 fully saturated rings. The van der Waals surface area contributed by atoms with Gasteiger partial charge in [-0.1, -0.05) is 18.2 Å². The van der Waals surface area contributed by atoms with Crippen LogP contribution in [-0.4, -0.2) is 31.1 Å². The smallest absolute Gasteiger partial charge is 0.191 e. The summed E-state index contributed by atoms with van der Waals surface area (Å²) < 4.78 is 5.39. The molecular weight excluding hydrogens is 439 g/mol. The number of nitrogens with one attached hydrogen (secondary N) is 2. The molecule has 142 valence electrons. The molecule has 1 aromatic carbocycles. The number of guanidine groups is 1. The van der Waals surface area contributed by atoms with Crippen molar-refractivity contribution >= 4 is 29.9 Å². The Morgan fingerprint density at radius 3 is 2.65 bits per heavy atom. The van der Waals surface area contributed by atoms with Gasteiger partial charge in [0.2, 0.25) is 0 Å². The minimum Gasteiger partial charge on any atom is -0.496 e. The average Bonchev–Trinajstić information content (AvgIpc) is 2.61. The SMILES string of the molecule is CCNC(=NCc1cccc(C)n1)NCCc1ccc(C)c(OC)c1.I. The van der Waals surface area contributed by atoms with E-state index in [1.165, 1.54) is 5.56 Å². The lowest BCUT2D eigenvalue weighted by Crippen LogP contribution is -2.38. The van der Waals surface area contributed by atoms with Crippen LogP contribution in [0.2, 0.25) is 0 Å². The molecule has 0 atom stereocenters. The third-order valence-corrected chi connectivity index (χ3v) is 3.87. The summed E-state index contributed by atoms with van der Waals surface area (Å²) >= 11 is 0. The molecule has 0 amide bonds. The Bertz CT molecular complexity index is 719. The number of halogens is 1. The molecule has 0 aliphatic carbocycles. The Kier molecular flexibility index (Phi) is 10.0. The van der Waals surface area contributed by atoms with Crippen molar-refractivity contribution in [3.05, 3.63) is 58.9 Å². The number of ether oxygens (including phenoxy) is 1. The van der Waals surface area contributed by atoms with Crippen molar-refractivity contribution < 1.29 is 4.74 Å². The zero-order valence-corrected chi connectivity index (χ0v) is 18.3. The van der Waals surface area contributed by atoms with Crippen LogP contribution in [0, 0.1) is 13.8 Å². The van der Waals surface area contributed by atoms with E-state index in [4.69, 9.17) is 4.74 Å². The molecule has 0 aliphatic rings. The maximum absolute atomic E-state index is 5.39. The minimum atomic E-state index is 0. The van der Waals surface area contributed by atoms with Gasteiger partial charge in [-0.05, 0) is 56.5 Å². The summed E-state index contributed by atoms with van der Waals surface area (Å²) in [5, 5.41) is 6.65. The Morgan fingerprint density at radius 1 is 1.15 bits per heavy atom. The molecule has 0 bridgehead atoms. The van der Waals surface area contributed by atoms with Crippen molar-refractivity contribution in [3.63, 3.8) is 0 Å². The molecule has 0 aliphatic heterocycles. The molecule has 2 rings (SSSR count). The highest BCUT2D eigenvalue weighted by Gasteiger charge is 2.02. The highest BCUT2D eigenvalue weighted by atomic mass is 127. The van der Waals surface area contributed by atoms with E-state index in [1.54, 1.807) is 7.11 Å². The number of benzene rings is 1. The number of rotatable bonds is 7. The molecule has 2 aromatic rings. The predicted octanol–water partition coefficient (Wildman–Crippen LogP) is 3.62. The summed E-state index contributed by atoms with van der Waals surface area (Å²) in [6.45, 7) is 8.30. The fourth-order valence-corrected chi connectivity index (χ4v) is 2.53. The van der Waals surface area contributed by atoms with Gasteiger partial charge in [-0.25, -0.2) is 4.99 Å². The first kappa shape index (κ1) is 22.2. The van der Waals surface area contributed by atoms with Gasteiger partial charge in [0.25, 0.3) is 0 Å². The Balaban J connectivity index is 0.00000338. The van der Waals surface area contributed by atoms with E-state index in [-0.39, 0.29) is 24.0 Å². The molecule has 1 heterocycles. The monoisotopic (exact) mass is 468 g/mol. The van der Waals surface area contributed by atoms with Gasteiger partial charge in [0.1, 0.15) is 5.75 Å². The van der Waals surface area contributed by atoms with Crippen molar-refractivity contribution in [3.8, 4) is 5.75 Å². The fourth-order valence-electron chi connectivity index (χ4n) is 2.53. The molecule has 5 nitrogen and oxygen atoms in total. The first-order valence-electron chi connectivity index (χ1n) is 8.70. The van der Waals surface area contributed by atoms with E-state index < -0.39 is 0 Å². The predicted molar refractivity (Wildman–Crippen MR) is 119 cm³/mol. The second kappa shape index (κ2) is 11.7. The lowest BCUT2D eigenvalue weighted by atomic mass is 10.1. The first-order chi connectivity index (χ1) is 12.1. The number of nitrogens with zero attached hydrogens (tertiary/aromatic N) is 2. The molecule has 0 radical (unpaired) electrons. The highest BCUT2D eigenvalue weighted by molar-refractivity contribution is 14.0. The molecule has 2 N–H and O–H groups in total. The van der Waals surface area contributed by atoms with Crippen LogP contribution in [0.15, 0.2) is 41.4 Å². The normalized spacial score (nSPS) is 10.8. The number of aliphatic imine (C=N–C) groups is 1. The minimum absolute atomic E-state index is 0. The number of hydrogen-bond acceptors (Lipinski definition) is 3. The van der Waals surface area contributed by atoms with Gasteiger partial charge in [-0.3, -0.25) is 4.98 Å². The molecule has 0 saturated carbocycles. The van der Waals surface area contributed by atoms with Crippen LogP contribution < -0.4 is 15.4 Å². The van der Waals surface area contributed by atoms with Gasteiger partial charge in [0.15, 0.2) is 5.96 Å². The van der Waals surface area contributed by atoms with Gasteiger partial charge < -0.3 is 15.4 Å². The standard InChI is InChI=1S/C20H28N4O.HI/c1-5-21-20(23-14-18-8-6-7-16(3)24-18)22-12-11-17-10-9-15(2)19(13-17)25-4;/h6-10,13H,5,11-12,14H2,1-4H3,(H2,21,22,23);1H. The van der Waals surface area contributed by atoms with E-state index in [0.717, 1.165) is 48.2 Å². The van der Waals surface area contributed by atoms with E-state index in [1.807, 2.05) is 25.1 Å². The molecular formula is C20H29IN4O. The van der Waals surface area contributed by atoms with E-state index in [0.29, 0.717) is 6.54 Å². The Morgan fingerprint density at radius 2 is 1.96 bits per heavy atom. The molecule has 0 spiro atoms. The van der Waals surface area contributed by atoms with Crippen molar-refractivity contribution in [2.75, 3.05) is 20.2 Å². The second-order valence-corrected chi connectivity index (χ2v) is 5.95. The van der Waals surface area contributed by atoms with E-state index >= 15 is 0 Å². The number of aromatic nitrogens is 1. The largest absolute Gasteiger partial charge is 0.496 e. The van der Waals surface area contributed by atoms with Crippen LogP contribution in [0.3, 0.4) is 0 Å². The summed E-state index contributed by atoms with van der Waals surface area (Å²) in [5.74, 6) is 1.74. The van der Waals surface area contributed by atoms with Crippen LogP contribution >= 0.6 is 24.0 Å². The summed E-state index contributed by atoms with van der Waals surface area (Å²) in [4.78, 5) is 9.10. The Hall–Kier alpha value is -1.83. The van der Waals surface area contributed by atoms with Gasteiger partial charge in [-0.15, -0.1) is 24.0 Å². The highest BCUT2D eigenvalue weighted by Crippen LogP contribution is 2.18. The summed E-state index contributed by atoms with van der Waals surface area (Å²) in [7, 11) is 1.71. The van der Waals surface area contributed by atoms with Gasteiger partial charge in [0.05, 0.1) is 19.3 Å². The fraction of sp³-hybridized carbons (Fsp3) is 0.400. The van der Waals surface area contributed by atoms with Crippen LogP contribution in [0.5, 0.6) is 5.75 Å². The zero-order chi connectivity index (χ0) is 18.1. The number of methoxy groups -OCH3 is 1. The molecule has 1 aromatic heterocycles. The van der Waals surface area contributed by atoms with Crippen LogP contribution in [0.1, 0.15) is 29.4 Å². The van der Waals surface area contributed by atoms with Crippen molar-refractivity contribution in [2.45, 2.75) is 33.7 Å². The number of aryl methyl sites for hydroxylation is 2. The summed E-state index contributed by atoms with van der Waals surface area (Å²) in [6, 6.07) is 12.3. The lowest BCUT2D eigenvalue weighted by Gasteiger charge is -2.12. The molecule has 26 heavy (non-hydrogen) atoms. The topological polar surface area (TPSA) is 58.5 Å². The summed E-state index contributed by atoms with van der Waals surface area (Å²) in [6.07, 6.45) is 0.906. The van der Waals surface area contributed by atoms with E-state index in [9.17, 15) is 0 Å². The third kappa shape index (κ3) is 7.19. The van der Waals surface area contributed by atoms with Crippen molar-refractivity contribution in [2.24, 2.45) is 4.99 Å². The van der Waals surface area contributed by atoms with Crippen molar-refractivity contribution in [1.82, 2.24) is 15.6 Å². The Labute approximate surface area is 173 Å². The van der Waals surface area contributed by atoms with Gasteiger partial charge in [-0.2, -0.15) is 0 Å². The van der Waals surface area contributed by atoms with Crippen molar-refractivity contribution in [1.29, 1.82) is 0 Å². The number of hydrogen-bond donors (Lipinski definition) is 2. The van der Waals surface area contributed by atoms with Crippen LogP contribution in [0.25, 0.3) is 0 Å². The average molecular weight is 468 g/mol. The van der Waals surface area contributed by atoms with E-state index in [2.05, 4.69) is 52.7 Å². The third-order valence-electron chi connectivity index (χ3n) is 3.87. The quantitative estimate of drug-likeness (QED) is 0.370. The maximum Gasteiger partial charge on any atom is 0.191 e. The van der Waals surface area contributed by atoms with Crippen LogP contribution in [-0.2, 0) is 13.0 Å². The first-order valence-corrected chi connectivity index (χ1v) is 8.70. The molecule has 0 saturated heterocycles. The van der Waals surface area contributed by atoms with Gasteiger partial charge in [0, 0.05) is 18.8 Å².